The quantitative estimate of drug-likeness (QED) is 0.899. The third kappa shape index (κ3) is 3.15. The van der Waals surface area contributed by atoms with Crippen molar-refractivity contribution < 1.29 is 5.11 Å². The molecule has 1 N–H and O–H groups in total. The van der Waals surface area contributed by atoms with Gasteiger partial charge in [0.1, 0.15) is 0 Å². The van der Waals surface area contributed by atoms with Crippen LogP contribution in [0.5, 0.6) is 0 Å². The second kappa shape index (κ2) is 6.07. The van der Waals surface area contributed by atoms with Gasteiger partial charge in [0.2, 0.25) is 0 Å². The van der Waals surface area contributed by atoms with Gasteiger partial charge in [-0.05, 0) is 35.9 Å². The van der Waals surface area contributed by atoms with Crippen LogP contribution in [0, 0.1) is 0 Å². The fraction of sp³-hybridized carbons (Fsp3) is 0.429. The van der Waals surface area contributed by atoms with E-state index in [9.17, 15) is 5.11 Å². The maximum Gasteiger partial charge on any atom is 0.0920 e. The van der Waals surface area contributed by atoms with Gasteiger partial charge in [-0.2, -0.15) is 0 Å². The molecule has 0 amide bonds. The smallest absolute Gasteiger partial charge is 0.0920 e. The lowest BCUT2D eigenvalue weighted by atomic mass is 10.0. The molecule has 2 rings (SSSR count). The van der Waals surface area contributed by atoms with E-state index in [4.69, 9.17) is 0 Å². The Morgan fingerprint density at radius 2 is 1.94 bits per heavy atom. The van der Waals surface area contributed by atoms with Crippen LogP contribution in [0.25, 0.3) is 0 Å². The molecule has 0 radical (unpaired) electrons. The Kier molecular flexibility index (Phi) is 4.44. The highest BCUT2D eigenvalue weighted by Crippen LogP contribution is 2.28. The van der Waals surface area contributed by atoms with E-state index in [1.807, 2.05) is 18.2 Å². The molecule has 0 aliphatic carbocycles. The van der Waals surface area contributed by atoms with Crippen LogP contribution in [0.1, 0.15) is 48.4 Å². The van der Waals surface area contributed by atoms with Crippen LogP contribution in [0.15, 0.2) is 30.3 Å². The first-order valence-corrected chi connectivity index (χ1v) is 7.00. The molecule has 0 spiro atoms. The summed E-state index contributed by atoms with van der Waals surface area (Å²) in [6.45, 7) is 4.15. The van der Waals surface area contributed by atoms with Crippen LogP contribution in [-0.2, 0) is 6.42 Å². The molecule has 0 bridgehead atoms. The molecule has 0 saturated carbocycles. The van der Waals surface area contributed by atoms with Crippen molar-refractivity contribution >= 4 is 11.5 Å². The Labute approximate surface area is 112 Å². The zero-order chi connectivity index (χ0) is 13.0. The Bertz CT molecular complexity index is 482. The maximum atomic E-state index is 10.2. The molecule has 2 aromatic rings. The van der Waals surface area contributed by atoms with E-state index >= 15 is 0 Å². The molecule has 0 saturated heterocycles. The predicted molar refractivity (Wildman–Crippen MR) is 73.7 cm³/mol. The number of aryl methyl sites for hydroxylation is 1. The number of nitrogens with zero attached hydrogens (tertiary/aromatic N) is 2. The summed E-state index contributed by atoms with van der Waals surface area (Å²) in [6.07, 6.45) is 1.13. The second-order valence-corrected chi connectivity index (χ2v) is 5.50. The van der Waals surface area contributed by atoms with Gasteiger partial charge in [0, 0.05) is 0 Å². The Morgan fingerprint density at radius 3 is 2.61 bits per heavy atom. The molecule has 96 valence electrons. The number of aliphatic hydroxyl groups is 1. The van der Waals surface area contributed by atoms with Crippen LogP contribution < -0.4 is 0 Å². The highest BCUT2D eigenvalue weighted by atomic mass is 32.1. The fourth-order valence-electron chi connectivity index (χ4n) is 1.92. The van der Waals surface area contributed by atoms with Crippen molar-refractivity contribution in [1.29, 1.82) is 0 Å². The van der Waals surface area contributed by atoms with Crippen molar-refractivity contribution in [3.63, 3.8) is 0 Å². The van der Waals surface area contributed by atoms with E-state index < -0.39 is 6.10 Å². The maximum absolute atomic E-state index is 10.2. The lowest BCUT2D eigenvalue weighted by molar-refractivity contribution is 0.170. The molecule has 0 aliphatic heterocycles. The largest absolute Gasteiger partial charge is 0.387 e. The van der Waals surface area contributed by atoms with Crippen molar-refractivity contribution in [2.75, 3.05) is 0 Å². The average Bonchev–Trinajstić information content (AvgIpc) is 2.86. The minimum Gasteiger partial charge on any atom is -0.387 e. The number of hydrogen-bond donors (Lipinski definition) is 1. The highest BCUT2D eigenvalue weighted by molar-refractivity contribution is 7.05. The minimum atomic E-state index is -0.456. The first-order chi connectivity index (χ1) is 8.68. The molecule has 1 aromatic heterocycles. The molecule has 1 heterocycles. The van der Waals surface area contributed by atoms with Crippen molar-refractivity contribution in [3.8, 4) is 0 Å². The Hall–Kier alpha value is -1.26. The molecule has 1 atom stereocenters. The van der Waals surface area contributed by atoms with Crippen molar-refractivity contribution in [2.45, 2.75) is 38.7 Å². The summed E-state index contributed by atoms with van der Waals surface area (Å²) in [7, 11) is 0. The average molecular weight is 262 g/mol. The third-order valence-corrected chi connectivity index (χ3v) is 3.78. The lowest BCUT2D eigenvalue weighted by Gasteiger charge is -2.11. The van der Waals surface area contributed by atoms with E-state index in [-0.39, 0.29) is 0 Å². The van der Waals surface area contributed by atoms with Crippen LogP contribution in [0.4, 0.5) is 0 Å². The van der Waals surface area contributed by atoms with Crippen molar-refractivity contribution in [3.05, 3.63) is 46.5 Å². The number of aliphatic hydroxyl groups excluding tert-OH is 1. The lowest BCUT2D eigenvalue weighted by Crippen LogP contribution is -2.02. The van der Waals surface area contributed by atoms with Crippen LogP contribution >= 0.6 is 11.5 Å². The van der Waals surface area contributed by atoms with Crippen LogP contribution in [0.3, 0.4) is 0 Å². The van der Waals surface area contributed by atoms with Gasteiger partial charge in [-0.3, -0.25) is 0 Å². The molecule has 18 heavy (non-hydrogen) atoms. The summed E-state index contributed by atoms with van der Waals surface area (Å²) in [6, 6.07) is 10.2. The number of hydrogen-bond acceptors (Lipinski definition) is 4. The van der Waals surface area contributed by atoms with Crippen molar-refractivity contribution in [1.82, 2.24) is 9.59 Å². The zero-order valence-electron chi connectivity index (χ0n) is 10.7. The summed E-state index contributed by atoms with van der Waals surface area (Å²) in [5.41, 5.74) is 2.18. The van der Waals surface area contributed by atoms with Crippen LogP contribution in [-0.4, -0.2) is 14.7 Å². The normalized spacial score (nSPS) is 12.9. The molecule has 1 aromatic carbocycles. The Balaban J connectivity index is 1.99. The summed E-state index contributed by atoms with van der Waals surface area (Å²) in [4.78, 5) is 0.918. The number of aromatic nitrogens is 2. The molecule has 0 fully saturated rings. The van der Waals surface area contributed by atoms with E-state index in [1.165, 1.54) is 17.1 Å². The molecular weight excluding hydrogens is 244 g/mol. The molecule has 3 nitrogen and oxygen atoms in total. The summed E-state index contributed by atoms with van der Waals surface area (Å²) in [5.74, 6) is 0.310. The van der Waals surface area contributed by atoms with Gasteiger partial charge in [0.25, 0.3) is 0 Å². The van der Waals surface area contributed by atoms with Crippen LogP contribution in [0.2, 0.25) is 0 Å². The van der Waals surface area contributed by atoms with Gasteiger partial charge in [-0.15, -0.1) is 5.10 Å². The minimum absolute atomic E-state index is 0.310. The molecular formula is C14H18N2OS. The molecule has 1 unspecified atom stereocenters. The zero-order valence-corrected chi connectivity index (χ0v) is 11.5. The van der Waals surface area contributed by atoms with E-state index in [1.54, 1.807) is 0 Å². The first kappa shape index (κ1) is 13.2. The van der Waals surface area contributed by atoms with Gasteiger partial charge in [-0.25, -0.2) is 0 Å². The number of benzene rings is 1. The van der Waals surface area contributed by atoms with E-state index in [0.717, 1.165) is 17.0 Å². The van der Waals surface area contributed by atoms with E-state index in [0.29, 0.717) is 12.3 Å². The van der Waals surface area contributed by atoms with Gasteiger partial charge < -0.3 is 5.11 Å². The van der Waals surface area contributed by atoms with Gasteiger partial charge in [-0.1, -0.05) is 48.7 Å². The van der Waals surface area contributed by atoms with Gasteiger partial charge >= 0.3 is 0 Å². The monoisotopic (exact) mass is 262 g/mol. The van der Waals surface area contributed by atoms with E-state index in [2.05, 4.69) is 35.6 Å². The van der Waals surface area contributed by atoms with Crippen molar-refractivity contribution in [2.24, 2.45) is 0 Å². The summed E-state index contributed by atoms with van der Waals surface area (Å²) in [5, 5.41) is 14.3. The first-order valence-electron chi connectivity index (χ1n) is 6.22. The number of rotatable bonds is 5. The Morgan fingerprint density at radius 1 is 1.22 bits per heavy atom. The summed E-state index contributed by atoms with van der Waals surface area (Å²) < 4.78 is 3.95. The van der Waals surface area contributed by atoms with Gasteiger partial charge in [0.05, 0.1) is 16.7 Å². The highest BCUT2D eigenvalue weighted by Gasteiger charge is 2.18. The standard InChI is InChI=1S/C14H18N2OS/c1-10(2)13-14(18-16-15-13)12(17)9-8-11-6-4-3-5-7-11/h3-7,10,12,17H,8-9H2,1-2H3. The fourth-order valence-corrected chi connectivity index (χ4v) is 2.74. The topological polar surface area (TPSA) is 46.0 Å². The SMILES string of the molecule is CC(C)c1nnsc1C(O)CCc1ccccc1. The third-order valence-electron chi connectivity index (χ3n) is 2.94. The summed E-state index contributed by atoms with van der Waals surface area (Å²) >= 11 is 1.31. The van der Waals surface area contributed by atoms with Gasteiger partial charge in [0.15, 0.2) is 0 Å². The predicted octanol–water partition coefficient (Wildman–Crippen LogP) is 3.33. The molecule has 4 heteroatoms. The molecule has 0 aliphatic rings. The second-order valence-electron chi connectivity index (χ2n) is 4.72.